The molecule has 0 aromatic heterocycles. The summed E-state index contributed by atoms with van der Waals surface area (Å²) in [5.41, 5.74) is 5.11. The summed E-state index contributed by atoms with van der Waals surface area (Å²) >= 11 is 0. The number of sulfonamides is 1. The molecule has 0 aliphatic carbocycles. The smallest absolute Gasteiger partial charge is 0.264 e. The standard InChI is InChI=1S/C30H30N2O3S/c1-22-17-19-26(20-18-22)36(34,35)32(28-16-10-8-12-24(28)3)21-29(33)31-30(25-13-5-4-6-14-25)27-15-9-7-11-23(27)2/h4-20,30H,21H2,1-3H3,(H,31,33)/t30-/m1/s1. The van der Waals surface area contributed by atoms with Gasteiger partial charge < -0.3 is 5.32 Å². The van der Waals surface area contributed by atoms with E-state index in [9.17, 15) is 13.2 Å². The molecule has 0 spiro atoms. The first-order valence-corrected chi connectivity index (χ1v) is 13.3. The molecule has 1 atom stereocenters. The molecule has 6 heteroatoms. The number of anilines is 1. The summed E-state index contributed by atoms with van der Waals surface area (Å²) in [6, 6.07) is 31.0. The summed E-state index contributed by atoms with van der Waals surface area (Å²) in [6.07, 6.45) is 0. The molecule has 36 heavy (non-hydrogen) atoms. The van der Waals surface area contributed by atoms with E-state index in [4.69, 9.17) is 0 Å². The highest BCUT2D eigenvalue weighted by Gasteiger charge is 2.29. The van der Waals surface area contributed by atoms with E-state index in [-0.39, 0.29) is 11.4 Å². The van der Waals surface area contributed by atoms with Crippen LogP contribution in [0.2, 0.25) is 0 Å². The predicted octanol–water partition coefficient (Wildman–Crippen LogP) is 5.71. The number of carbonyl (C=O) groups excluding carboxylic acids is 1. The number of aryl methyl sites for hydroxylation is 3. The molecule has 1 N–H and O–H groups in total. The monoisotopic (exact) mass is 498 g/mol. The van der Waals surface area contributed by atoms with Crippen LogP contribution in [0.5, 0.6) is 0 Å². The summed E-state index contributed by atoms with van der Waals surface area (Å²) in [5, 5.41) is 3.10. The Labute approximate surface area is 213 Å². The molecule has 0 radical (unpaired) electrons. The molecule has 184 valence electrons. The number of nitrogens with zero attached hydrogens (tertiary/aromatic N) is 1. The lowest BCUT2D eigenvalue weighted by molar-refractivity contribution is -0.120. The second kappa shape index (κ2) is 10.8. The third kappa shape index (κ3) is 5.50. The maximum absolute atomic E-state index is 13.8. The summed E-state index contributed by atoms with van der Waals surface area (Å²) in [7, 11) is -3.99. The fraction of sp³-hybridized carbons (Fsp3) is 0.167. The van der Waals surface area contributed by atoms with Crippen molar-refractivity contribution in [3.63, 3.8) is 0 Å². The average molecular weight is 499 g/mol. The number of para-hydroxylation sites is 1. The van der Waals surface area contributed by atoms with Gasteiger partial charge in [-0.05, 0) is 61.2 Å². The van der Waals surface area contributed by atoms with Gasteiger partial charge in [0.15, 0.2) is 0 Å². The van der Waals surface area contributed by atoms with Crippen molar-refractivity contribution in [3.8, 4) is 0 Å². The lowest BCUT2D eigenvalue weighted by atomic mass is 9.95. The summed E-state index contributed by atoms with van der Waals surface area (Å²) in [6.45, 7) is 5.39. The molecular weight excluding hydrogens is 468 g/mol. The van der Waals surface area contributed by atoms with Crippen molar-refractivity contribution in [1.29, 1.82) is 0 Å². The fourth-order valence-electron chi connectivity index (χ4n) is 4.21. The van der Waals surface area contributed by atoms with Crippen molar-refractivity contribution in [2.24, 2.45) is 0 Å². The van der Waals surface area contributed by atoms with Crippen LogP contribution >= 0.6 is 0 Å². The number of hydrogen-bond donors (Lipinski definition) is 1. The highest BCUT2D eigenvalue weighted by atomic mass is 32.2. The molecule has 0 bridgehead atoms. The van der Waals surface area contributed by atoms with E-state index in [0.29, 0.717) is 5.69 Å². The molecule has 0 unspecified atom stereocenters. The van der Waals surface area contributed by atoms with Gasteiger partial charge in [-0.25, -0.2) is 8.42 Å². The Morgan fingerprint density at radius 3 is 1.97 bits per heavy atom. The summed E-state index contributed by atoms with van der Waals surface area (Å²) in [4.78, 5) is 13.7. The first kappa shape index (κ1) is 25.2. The fourth-order valence-corrected chi connectivity index (χ4v) is 5.70. The van der Waals surface area contributed by atoms with E-state index < -0.39 is 22.0 Å². The second-order valence-electron chi connectivity index (χ2n) is 8.88. The third-order valence-electron chi connectivity index (χ3n) is 6.22. The average Bonchev–Trinajstić information content (AvgIpc) is 2.88. The lowest BCUT2D eigenvalue weighted by Gasteiger charge is -2.27. The quantitative estimate of drug-likeness (QED) is 0.338. The Hall–Kier alpha value is -3.90. The minimum atomic E-state index is -3.99. The Morgan fingerprint density at radius 1 is 0.750 bits per heavy atom. The number of amides is 1. The molecule has 0 heterocycles. The lowest BCUT2D eigenvalue weighted by Crippen LogP contribution is -2.42. The van der Waals surface area contributed by atoms with Crippen LogP contribution in [0.25, 0.3) is 0 Å². The van der Waals surface area contributed by atoms with Crippen LogP contribution < -0.4 is 9.62 Å². The first-order chi connectivity index (χ1) is 17.3. The molecule has 1 amide bonds. The minimum absolute atomic E-state index is 0.141. The van der Waals surface area contributed by atoms with Gasteiger partial charge in [0.05, 0.1) is 16.6 Å². The van der Waals surface area contributed by atoms with Gasteiger partial charge >= 0.3 is 0 Å². The van der Waals surface area contributed by atoms with E-state index in [1.54, 1.807) is 36.4 Å². The van der Waals surface area contributed by atoms with Crippen LogP contribution in [0, 0.1) is 20.8 Å². The van der Waals surface area contributed by atoms with E-state index in [1.807, 2.05) is 87.5 Å². The van der Waals surface area contributed by atoms with E-state index in [2.05, 4.69) is 5.32 Å². The van der Waals surface area contributed by atoms with Crippen molar-refractivity contribution in [2.45, 2.75) is 31.7 Å². The van der Waals surface area contributed by atoms with Crippen LogP contribution in [0.1, 0.15) is 33.9 Å². The maximum Gasteiger partial charge on any atom is 0.264 e. The van der Waals surface area contributed by atoms with Gasteiger partial charge in [0.2, 0.25) is 5.91 Å². The molecule has 4 rings (SSSR count). The molecule has 0 saturated heterocycles. The van der Waals surface area contributed by atoms with Crippen LogP contribution in [0.3, 0.4) is 0 Å². The number of hydrogen-bond acceptors (Lipinski definition) is 3. The van der Waals surface area contributed by atoms with Crippen LogP contribution in [-0.2, 0) is 14.8 Å². The van der Waals surface area contributed by atoms with Gasteiger partial charge in [-0.15, -0.1) is 0 Å². The normalized spacial score (nSPS) is 12.1. The number of carbonyl (C=O) groups is 1. The maximum atomic E-state index is 13.8. The molecule has 4 aromatic rings. The van der Waals surface area contributed by atoms with Crippen molar-refractivity contribution in [3.05, 3.63) is 131 Å². The van der Waals surface area contributed by atoms with E-state index in [1.165, 1.54) is 4.31 Å². The van der Waals surface area contributed by atoms with E-state index >= 15 is 0 Å². The zero-order valence-electron chi connectivity index (χ0n) is 20.7. The molecule has 0 aliphatic rings. The predicted molar refractivity (Wildman–Crippen MR) is 144 cm³/mol. The SMILES string of the molecule is Cc1ccc(S(=O)(=O)N(CC(=O)N[C@H](c2ccccc2)c2ccccc2C)c2ccccc2C)cc1. The van der Waals surface area contributed by atoms with Crippen LogP contribution in [-0.4, -0.2) is 20.9 Å². The summed E-state index contributed by atoms with van der Waals surface area (Å²) < 4.78 is 28.7. The number of rotatable bonds is 8. The third-order valence-corrected chi connectivity index (χ3v) is 7.99. The second-order valence-corrected chi connectivity index (χ2v) is 10.7. The van der Waals surface area contributed by atoms with Gasteiger partial charge in [0.25, 0.3) is 10.0 Å². The number of benzene rings is 4. The minimum Gasteiger partial charge on any atom is -0.344 e. The summed E-state index contributed by atoms with van der Waals surface area (Å²) in [5.74, 6) is -0.397. The molecule has 4 aromatic carbocycles. The molecule has 0 saturated carbocycles. The topological polar surface area (TPSA) is 66.5 Å². The van der Waals surface area contributed by atoms with Gasteiger partial charge in [0, 0.05) is 0 Å². The highest BCUT2D eigenvalue weighted by molar-refractivity contribution is 7.92. The van der Waals surface area contributed by atoms with E-state index in [0.717, 1.165) is 27.8 Å². The Balaban J connectivity index is 1.71. The Morgan fingerprint density at radius 2 is 1.33 bits per heavy atom. The molecule has 0 fully saturated rings. The van der Waals surface area contributed by atoms with Gasteiger partial charge in [0.1, 0.15) is 6.54 Å². The highest BCUT2D eigenvalue weighted by Crippen LogP contribution is 2.28. The largest absolute Gasteiger partial charge is 0.344 e. The molecule has 0 aliphatic heterocycles. The van der Waals surface area contributed by atoms with Crippen LogP contribution in [0.15, 0.2) is 108 Å². The molecule has 5 nitrogen and oxygen atoms in total. The number of nitrogens with one attached hydrogen (secondary N) is 1. The molecular formula is C30H30N2O3S. The van der Waals surface area contributed by atoms with Gasteiger partial charge in [-0.3, -0.25) is 9.10 Å². The zero-order chi connectivity index (χ0) is 25.7. The van der Waals surface area contributed by atoms with Crippen LogP contribution in [0.4, 0.5) is 5.69 Å². The first-order valence-electron chi connectivity index (χ1n) is 11.8. The van der Waals surface area contributed by atoms with Gasteiger partial charge in [-0.2, -0.15) is 0 Å². The van der Waals surface area contributed by atoms with Gasteiger partial charge in [-0.1, -0.05) is 90.5 Å². The zero-order valence-corrected chi connectivity index (χ0v) is 21.5. The Kier molecular flexibility index (Phi) is 7.55. The van der Waals surface area contributed by atoms with Crippen molar-refractivity contribution >= 4 is 21.6 Å². The Bertz CT molecular complexity index is 1450. The van der Waals surface area contributed by atoms with Crippen molar-refractivity contribution in [2.75, 3.05) is 10.8 Å². The van der Waals surface area contributed by atoms with Crippen molar-refractivity contribution < 1.29 is 13.2 Å². The van der Waals surface area contributed by atoms with Crippen molar-refractivity contribution in [1.82, 2.24) is 5.32 Å².